The summed E-state index contributed by atoms with van der Waals surface area (Å²) in [5.41, 5.74) is 2.05. The third-order valence-electron chi connectivity index (χ3n) is 3.67. The van der Waals surface area contributed by atoms with Gasteiger partial charge in [0.25, 0.3) is 5.91 Å². The smallest absolute Gasteiger partial charge is 0.259 e. The zero-order valence-corrected chi connectivity index (χ0v) is 14.8. The van der Waals surface area contributed by atoms with Crippen molar-refractivity contribution in [3.05, 3.63) is 77.2 Å². The topological polar surface area (TPSA) is 76.1 Å². The molecular weight excluding hydrogens is 352 g/mol. The van der Waals surface area contributed by atoms with E-state index in [1.165, 1.54) is 7.11 Å². The van der Waals surface area contributed by atoms with Crippen LogP contribution in [-0.4, -0.2) is 23.0 Å². The second-order valence-electron chi connectivity index (χ2n) is 5.41. The molecule has 1 aromatic carbocycles. The minimum atomic E-state index is -0.281. The fourth-order valence-corrected chi connectivity index (χ4v) is 2.62. The van der Waals surface area contributed by atoms with Crippen molar-refractivity contribution >= 4 is 29.0 Å². The van der Waals surface area contributed by atoms with E-state index in [1.54, 1.807) is 48.9 Å². The van der Waals surface area contributed by atoms with Crippen LogP contribution in [0.1, 0.15) is 15.9 Å². The van der Waals surface area contributed by atoms with Gasteiger partial charge in [0, 0.05) is 30.8 Å². The maximum absolute atomic E-state index is 12.6. The molecular formula is C19H17ClN4O2. The van der Waals surface area contributed by atoms with Gasteiger partial charge in [-0.1, -0.05) is 11.6 Å². The van der Waals surface area contributed by atoms with Gasteiger partial charge in [-0.3, -0.25) is 9.78 Å². The molecule has 0 aliphatic carbocycles. The van der Waals surface area contributed by atoms with Crippen molar-refractivity contribution in [2.24, 2.45) is 0 Å². The van der Waals surface area contributed by atoms with Crippen LogP contribution in [0.5, 0.6) is 5.75 Å². The maximum atomic E-state index is 12.6. The van der Waals surface area contributed by atoms with Crippen molar-refractivity contribution in [2.75, 3.05) is 17.7 Å². The van der Waals surface area contributed by atoms with Crippen LogP contribution in [0.4, 0.5) is 11.5 Å². The lowest BCUT2D eigenvalue weighted by Gasteiger charge is -2.12. The zero-order chi connectivity index (χ0) is 18.4. The lowest BCUT2D eigenvalue weighted by atomic mass is 10.2. The summed E-state index contributed by atoms with van der Waals surface area (Å²) in [7, 11) is 1.54. The van der Waals surface area contributed by atoms with Gasteiger partial charge in [0.05, 0.1) is 17.7 Å². The molecule has 3 aromatic rings. The van der Waals surface area contributed by atoms with Gasteiger partial charge in [-0.25, -0.2) is 4.98 Å². The quantitative estimate of drug-likeness (QED) is 0.687. The summed E-state index contributed by atoms with van der Waals surface area (Å²) >= 11 is 6.10. The Kier molecular flexibility index (Phi) is 5.66. The number of pyridine rings is 2. The summed E-state index contributed by atoms with van der Waals surface area (Å²) in [5.74, 6) is 0.767. The summed E-state index contributed by atoms with van der Waals surface area (Å²) < 4.78 is 5.11. The standard InChI is InChI=1S/C19H17ClN4O2/c1-26-17-5-4-14(11-16(17)20)24-19(25)15-3-2-8-22-18(15)23-12-13-6-9-21-10-7-13/h2-11H,12H2,1H3,(H,22,23)(H,24,25). The van der Waals surface area contributed by atoms with Crippen molar-refractivity contribution in [3.63, 3.8) is 0 Å². The molecule has 0 saturated carbocycles. The Morgan fingerprint density at radius 1 is 1.15 bits per heavy atom. The van der Waals surface area contributed by atoms with Crippen molar-refractivity contribution in [3.8, 4) is 5.75 Å². The van der Waals surface area contributed by atoms with Crippen LogP contribution in [0.15, 0.2) is 61.1 Å². The molecule has 26 heavy (non-hydrogen) atoms. The van der Waals surface area contributed by atoms with Crippen molar-refractivity contribution in [1.82, 2.24) is 9.97 Å². The number of hydrogen-bond acceptors (Lipinski definition) is 5. The van der Waals surface area contributed by atoms with Crippen molar-refractivity contribution in [2.45, 2.75) is 6.54 Å². The molecule has 1 amide bonds. The molecule has 0 saturated heterocycles. The summed E-state index contributed by atoms with van der Waals surface area (Å²) in [4.78, 5) is 20.9. The average molecular weight is 369 g/mol. The summed E-state index contributed by atoms with van der Waals surface area (Å²) in [5, 5.41) is 6.42. The predicted molar refractivity (Wildman–Crippen MR) is 102 cm³/mol. The highest BCUT2D eigenvalue weighted by molar-refractivity contribution is 6.32. The fraction of sp³-hybridized carbons (Fsp3) is 0.105. The van der Waals surface area contributed by atoms with Gasteiger partial charge in [0.2, 0.25) is 0 Å². The summed E-state index contributed by atoms with van der Waals surface area (Å²) in [6.07, 6.45) is 5.07. The molecule has 2 heterocycles. The van der Waals surface area contributed by atoms with Gasteiger partial charge in [-0.05, 0) is 48.0 Å². The van der Waals surface area contributed by atoms with Crippen molar-refractivity contribution in [1.29, 1.82) is 0 Å². The van der Waals surface area contributed by atoms with Crippen LogP contribution in [-0.2, 0) is 6.54 Å². The number of anilines is 2. The number of halogens is 1. The second-order valence-corrected chi connectivity index (χ2v) is 5.82. The molecule has 2 aromatic heterocycles. The number of methoxy groups -OCH3 is 1. The lowest BCUT2D eigenvalue weighted by Crippen LogP contribution is -2.15. The number of nitrogens with zero attached hydrogens (tertiary/aromatic N) is 2. The molecule has 3 rings (SSSR count). The monoisotopic (exact) mass is 368 g/mol. The molecule has 0 bridgehead atoms. The van der Waals surface area contributed by atoms with Crippen LogP contribution in [0.3, 0.4) is 0 Å². The van der Waals surface area contributed by atoms with Crippen molar-refractivity contribution < 1.29 is 9.53 Å². The molecule has 0 aliphatic heterocycles. The Balaban J connectivity index is 1.74. The number of ether oxygens (including phenoxy) is 1. The van der Waals surface area contributed by atoms with E-state index in [0.717, 1.165) is 5.56 Å². The SMILES string of the molecule is COc1ccc(NC(=O)c2cccnc2NCc2ccncc2)cc1Cl. The van der Waals surface area contributed by atoms with Crippen LogP contribution >= 0.6 is 11.6 Å². The first-order valence-electron chi connectivity index (χ1n) is 7.90. The van der Waals surface area contributed by atoms with E-state index in [4.69, 9.17) is 16.3 Å². The molecule has 0 unspecified atom stereocenters. The first-order chi connectivity index (χ1) is 12.7. The van der Waals surface area contributed by atoms with E-state index in [2.05, 4.69) is 20.6 Å². The number of amides is 1. The lowest BCUT2D eigenvalue weighted by molar-refractivity contribution is 0.102. The highest BCUT2D eigenvalue weighted by Gasteiger charge is 2.13. The normalized spacial score (nSPS) is 10.2. The van der Waals surface area contributed by atoms with Gasteiger partial charge in [-0.15, -0.1) is 0 Å². The highest BCUT2D eigenvalue weighted by Crippen LogP contribution is 2.27. The molecule has 0 radical (unpaired) electrons. The molecule has 7 heteroatoms. The number of nitrogens with one attached hydrogen (secondary N) is 2. The Morgan fingerprint density at radius 2 is 1.96 bits per heavy atom. The van der Waals surface area contributed by atoms with Gasteiger partial charge in [-0.2, -0.15) is 0 Å². The molecule has 0 fully saturated rings. The molecule has 2 N–H and O–H groups in total. The Morgan fingerprint density at radius 3 is 2.69 bits per heavy atom. The first kappa shape index (κ1) is 17.7. The number of carbonyl (C=O) groups excluding carboxylic acids is 1. The van der Waals surface area contributed by atoms with E-state index in [1.807, 2.05) is 12.1 Å². The van der Waals surface area contributed by atoms with Crippen LogP contribution in [0.2, 0.25) is 5.02 Å². The van der Waals surface area contributed by atoms with E-state index >= 15 is 0 Å². The molecule has 0 spiro atoms. The van der Waals surface area contributed by atoms with Crippen LogP contribution < -0.4 is 15.4 Å². The zero-order valence-electron chi connectivity index (χ0n) is 14.1. The number of benzene rings is 1. The van der Waals surface area contributed by atoms with E-state index < -0.39 is 0 Å². The molecule has 0 aliphatic rings. The molecule has 132 valence electrons. The van der Waals surface area contributed by atoms with Gasteiger partial charge < -0.3 is 15.4 Å². The molecule has 6 nitrogen and oxygen atoms in total. The number of hydrogen-bond donors (Lipinski definition) is 2. The minimum absolute atomic E-state index is 0.281. The van der Waals surface area contributed by atoms with Gasteiger partial charge in [0.1, 0.15) is 11.6 Å². The Labute approximate surface area is 156 Å². The third-order valence-corrected chi connectivity index (χ3v) is 3.97. The van der Waals surface area contributed by atoms with Crippen LogP contribution in [0.25, 0.3) is 0 Å². The fourth-order valence-electron chi connectivity index (χ4n) is 2.36. The van der Waals surface area contributed by atoms with E-state index in [9.17, 15) is 4.79 Å². The third kappa shape index (κ3) is 4.29. The summed E-state index contributed by atoms with van der Waals surface area (Å²) in [6, 6.07) is 12.3. The number of aromatic nitrogens is 2. The number of rotatable bonds is 6. The van der Waals surface area contributed by atoms with E-state index in [-0.39, 0.29) is 5.91 Å². The first-order valence-corrected chi connectivity index (χ1v) is 8.28. The van der Waals surface area contributed by atoms with Gasteiger partial charge in [0.15, 0.2) is 0 Å². The van der Waals surface area contributed by atoms with E-state index in [0.29, 0.717) is 34.4 Å². The maximum Gasteiger partial charge on any atom is 0.259 e. The van der Waals surface area contributed by atoms with Crippen LogP contribution in [0, 0.1) is 0 Å². The predicted octanol–water partition coefficient (Wildman–Crippen LogP) is 4.00. The minimum Gasteiger partial charge on any atom is -0.495 e. The average Bonchev–Trinajstić information content (AvgIpc) is 2.67. The number of carbonyl (C=O) groups is 1. The Hall–Kier alpha value is -3.12. The summed E-state index contributed by atoms with van der Waals surface area (Å²) in [6.45, 7) is 0.536. The Bertz CT molecular complexity index is 903. The highest BCUT2D eigenvalue weighted by atomic mass is 35.5. The second kappa shape index (κ2) is 8.31. The largest absolute Gasteiger partial charge is 0.495 e. The van der Waals surface area contributed by atoms with Gasteiger partial charge >= 0.3 is 0 Å². The molecule has 0 atom stereocenters.